The topological polar surface area (TPSA) is 29.1 Å². The predicted octanol–water partition coefficient (Wildman–Crippen LogP) is 3.45. The van der Waals surface area contributed by atoms with Crippen molar-refractivity contribution in [3.63, 3.8) is 0 Å². The number of carbonyl (C=O) groups excluding carboxylic acids is 1. The second-order valence-corrected chi connectivity index (χ2v) is 6.02. The van der Waals surface area contributed by atoms with Gasteiger partial charge in [0.2, 0.25) is 0 Å². The van der Waals surface area contributed by atoms with Crippen LogP contribution in [0.2, 0.25) is 0 Å². The Bertz CT molecular complexity index is 391. The number of aryl methyl sites for hydroxylation is 1. The van der Waals surface area contributed by atoms with E-state index in [0.29, 0.717) is 11.8 Å². The lowest BCUT2D eigenvalue weighted by Crippen LogP contribution is -2.37. The molecule has 1 aromatic heterocycles. The molecule has 2 unspecified atom stereocenters. The summed E-state index contributed by atoms with van der Waals surface area (Å²) in [6.07, 6.45) is 4.37. The van der Waals surface area contributed by atoms with Gasteiger partial charge in [0.25, 0.3) is 5.91 Å². The molecular formula is C13H18ClNOS. The molecule has 2 atom stereocenters. The molecule has 4 heteroatoms. The number of thiophene rings is 1. The normalized spacial score (nSPS) is 23.9. The van der Waals surface area contributed by atoms with Crippen LogP contribution in [0.25, 0.3) is 0 Å². The highest BCUT2D eigenvalue weighted by Crippen LogP contribution is 2.27. The number of rotatable bonds is 4. The number of amides is 1. The molecule has 1 saturated carbocycles. The van der Waals surface area contributed by atoms with Crippen molar-refractivity contribution in [1.29, 1.82) is 0 Å². The van der Waals surface area contributed by atoms with E-state index in [4.69, 9.17) is 11.6 Å². The van der Waals surface area contributed by atoms with Gasteiger partial charge in [0.1, 0.15) is 0 Å². The second-order valence-electron chi connectivity index (χ2n) is 4.54. The number of nitrogens with one attached hydrogen (secondary N) is 1. The van der Waals surface area contributed by atoms with Gasteiger partial charge in [-0.05, 0) is 37.3 Å². The summed E-state index contributed by atoms with van der Waals surface area (Å²) in [5.74, 6) is 1.17. The molecule has 1 fully saturated rings. The van der Waals surface area contributed by atoms with Gasteiger partial charge in [-0.15, -0.1) is 22.9 Å². The van der Waals surface area contributed by atoms with E-state index < -0.39 is 0 Å². The van der Waals surface area contributed by atoms with Crippen molar-refractivity contribution in [2.24, 2.45) is 5.92 Å². The molecule has 0 radical (unpaired) electrons. The maximum Gasteiger partial charge on any atom is 0.261 e. The number of alkyl halides is 1. The maximum absolute atomic E-state index is 12.0. The first-order valence-electron chi connectivity index (χ1n) is 6.20. The van der Waals surface area contributed by atoms with Gasteiger partial charge >= 0.3 is 0 Å². The molecule has 1 N–H and O–H groups in total. The Labute approximate surface area is 111 Å². The molecule has 1 aliphatic rings. The lowest BCUT2D eigenvalue weighted by Gasteiger charge is -2.18. The molecule has 17 heavy (non-hydrogen) atoms. The van der Waals surface area contributed by atoms with Crippen molar-refractivity contribution in [3.8, 4) is 0 Å². The molecule has 0 bridgehead atoms. The highest BCUT2D eigenvalue weighted by atomic mass is 35.5. The molecule has 94 valence electrons. The first-order valence-corrected chi connectivity index (χ1v) is 7.55. The Balaban J connectivity index is 1.96. The maximum atomic E-state index is 12.0. The first kappa shape index (κ1) is 12.9. The van der Waals surface area contributed by atoms with E-state index >= 15 is 0 Å². The fourth-order valence-corrected chi connectivity index (χ4v) is 3.56. The zero-order valence-corrected chi connectivity index (χ0v) is 11.6. The average molecular weight is 272 g/mol. The van der Waals surface area contributed by atoms with Crippen molar-refractivity contribution in [3.05, 3.63) is 21.9 Å². The number of hydrogen-bond acceptors (Lipinski definition) is 2. The summed E-state index contributed by atoms with van der Waals surface area (Å²) in [6, 6.07) is 4.23. The summed E-state index contributed by atoms with van der Waals surface area (Å²) < 4.78 is 0. The second kappa shape index (κ2) is 5.87. The summed E-state index contributed by atoms with van der Waals surface area (Å²) >= 11 is 7.50. The van der Waals surface area contributed by atoms with E-state index in [2.05, 4.69) is 12.2 Å². The Hall–Kier alpha value is -0.540. The fraction of sp³-hybridized carbons (Fsp3) is 0.615. The number of carbonyl (C=O) groups is 1. The van der Waals surface area contributed by atoms with E-state index in [1.54, 1.807) is 11.3 Å². The average Bonchev–Trinajstić information content (AvgIpc) is 2.96. The highest BCUT2D eigenvalue weighted by Gasteiger charge is 2.28. The van der Waals surface area contributed by atoms with Gasteiger partial charge in [0.15, 0.2) is 0 Å². The quantitative estimate of drug-likeness (QED) is 0.835. The van der Waals surface area contributed by atoms with Crippen LogP contribution >= 0.6 is 22.9 Å². The Kier molecular flexibility index (Phi) is 4.46. The first-order chi connectivity index (χ1) is 8.24. The summed E-state index contributed by atoms with van der Waals surface area (Å²) in [5.41, 5.74) is 0. The van der Waals surface area contributed by atoms with Crippen molar-refractivity contribution < 1.29 is 4.79 Å². The molecule has 2 nitrogen and oxygen atoms in total. The third kappa shape index (κ3) is 3.02. The van der Waals surface area contributed by atoms with Gasteiger partial charge in [-0.2, -0.15) is 0 Å². The van der Waals surface area contributed by atoms with Crippen LogP contribution in [-0.2, 0) is 6.42 Å². The minimum atomic E-state index is 0.0664. The summed E-state index contributed by atoms with van der Waals surface area (Å²) in [4.78, 5) is 14.1. The molecule has 0 aromatic carbocycles. The van der Waals surface area contributed by atoms with Crippen LogP contribution < -0.4 is 5.32 Å². The zero-order chi connectivity index (χ0) is 12.3. The minimum absolute atomic E-state index is 0.0664. The monoisotopic (exact) mass is 271 g/mol. The largest absolute Gasteiger partial charge is 0.348 e. The van der Waals surface area contributed by atoms with E-state index in [1.807, 2.05) is 12.1 Å². The third-order valence-corrected chi connectivity index (χ3v) is 5.03. The van der Waals surface area contributed by atoms with Gasteiger partial charge in [0.05, 0.1) is 4.88 Å². The molecule has 0 aliphatic heterocycles. The summed E-state index contributed by atoms with van der Waals surface area (Å²) in [6.45, 7) is 2.11. The van der Waals surface area contributed by atoms with Crippen LogP contribution in [-0.4, -0.2) is 17.8 Å². The molecule has 1 aromatic rings. The molecular weight excluding hydrogens is 254 g/mol. The van der Waals surface area contributed by atoms with Gasteiger partial charge in [-0.1, -0.05) is 13.3 Å². The third-order valence-electron chi connectivity index (χ3n) is 3.41. The molecule has 0 saturated heterocycles. The van der Waals surface area contributed by atoms with E-state index in [-0.39, 0.29) is 11.9 Å². The SMILES string of the molecule is CCc1ccc(C(=O)NC2CCCC2CCl)s1. The lowest BCUT2D eigenvalue weighted by molar-refractivity contribution is 0.0934. The minimum Gasteiger partial charge on any atom is -0.348 e. The van der Waals surface area contributed by atoms with Crippen LogP contribution in [0.4, 0.5) is 0 Å². The van der Waals surface area contributed by atoms with Gasteiger partial charge in [-0.25, -0.2) is 0 Å². The van der Waals surface area contributed by atoms with Crippen molar-refractivity contribution in [1.82, 2.24) is 5.32 Å². The Morgan fingerprint density at radius 2 is 2.35 bits per heavy atom. The molecule has 1 amide bonds. The van der Waals surface area contributed by atoms with Gasteiger partial charge < -0.3 is 5.32 Å². The summed E-state index contributed by atoms with van der Waals surface area (Å²) in [7, 11) is 0. The van der Waals surface area contributed by atoms with Crippen LogP contribution in [0, 0.1) is 5.92 Å². The van der Waals surface area contributed by atoms with Gasteiger partial charge in [0, 0.05) is 16.8 Å². The van der Waals surface area contributed by atoms with Crippen LogP contribution in [0.15, 0.2) is 12.1 Å². The smallest absolute Gasteiger partial charge is 0.261 e. The number of hydrogen-bond donors (Lipinski definition) is 1. The van der Waals surface area contributed by atoms with Gasteiger partial charge in [-0.3, -0.25) is 4.79 Å². The van der Waals surface area contributed by atoms with Crippen LogP contribution in [0.5, 0.6) is 0 Å². The van der Waals surface area contributed by atoms with Crippen molar-refractivity contribution in [2.75, 3.05) is 5.88 Å². The van der Waals surface area contributed by atoms with Crippen molar-refractivity contribution >= 4 is 28.8 Å². The molecule has 1 heterocycles. The van der Waals surface area contributed by atoms with Crippen LogP contribution in [0.3, 0.4) is 0 Å². The van der Waals surface area contributed by atoms with E-state index in [1.165, 1.54) is 11.3 Å². The number of halogens is 1. The van der Waals surface area contributed by atoms with Crippen molar-refractivity contribution in [2.45, 2.75) is 38.6 Å². The van der Waals surface area contributed by atoms with E-state index in [9.17, 15) is 4.79 Å². The molecule has 2 rings (SSSR count). The Morgan fingerprint density at radius 3 is 3.00 bits per heavy atom. The highest BCUT2D eigenvalue weighted by molar-refractivity contribution is 7.14. The molecule has 0 spiro atoms. The fourth-order valence-electron chi connectivity index (χ4n) is 2.34. The standard InChI is InChI=1S/C13H18ClNOS/c1-2-10-6-7-12(17-10)13(16)15-11-5-3-4-9(11)8-14/h6-7,9,11H,2-5,8H2,1H3,(H,15,16). The van der Waals surface area contributed by atoms with Crippen LogP contribution in [0.1, 0.15) is 40.7 Å². The predicted molar refractivity (Wildman–Crippen MR) is 73.0 cm³/mol. The Morgan fingerprint density at radius 1 is 1.53 bits per heavy atom. The zero-order valence-electron chi connectivity index (χ0n) is 10.0. The van der Waals surface area contributed by atoms with E-state index in [0.717, 1.165) is 24.1 Å². The molecule has 1 aliphatic carbocycles. The summed E-state index contributed by atoms with van der Waals surface area (Å²) in [5, 5.41) is 3.12. The lowest BCUT2D eigenvalue weighted by atomic mass is 10.1.